The lowest BCUT2D eigenvalue weighted by Gasteiger charge is -2.27. The van der Waals surface area contributed by atoms with Gasteiger partial charge in [0.25, 0.3) is 4.93 Å². The van der Waals surface area contributed by atoms with Crippen LogP contribution in [0, 0.1) is 0 Å². The summed E-state index contributed by atoms with van der Waals surface area (Å²) in [5, 5.41) is 5.05. The number of oxime groups is 1. The highest BCUT2D eigenvalue weighted by molar-refractivity contribution is 8.02. The Morgan fingerprint density at radius 3 is 2.37 bits per heavy atom. The first kappa shape index (κ1) is 16.6. The van der Waals surface area contributed by atoms with Crippen LogP contribution in [-0.4, -0.2) is 16.4 Å². The van der Waals surface area contributed by atoms with Crippen LogP contribution < -0.4 is 0 Å². The molecule has 5 rings (SSSR count). The summed E-state index contributed by atoms with van der Waals surface area (Å²) < 4.78 is 0. The predicted molar refractivity (Wildman–Crippen MR) is 108 cm³/mol. The molecule has 1 spiro atoms. The normalized spacial score (nSPS) is 23.2. The molecule has 0 saturated heterocycles. The van der Waals surface area contributed by atoms with E-state index >= 15 is 0 Å². The number of ketones is 1. The largest absolute Gasteiger partial charge is 0.368 e. The zero-order valence-corrected chi connectivity index (χ0v) is 15.7. The van der Waals surface area contributed by atoms with Crippen molar-refractivity contribution in [3.05, 3.63) is 101 Å². The van der Waals surface area contributed by atoms with Gasteiger partial charge in [0.15, 0.2) is 0 Å². The minimum atomic E-state index is -1.11. The van der Waals surface area contributed by atoms with E-state index in [1.807, 2.05) is 78.9 Å². The fraction of sp³-hybridized carbons (Fsp3) is 0.0909. The number of nitrogens with zero attached hydrogens (tertiary/aromatic N) is 1. The molecule has 0 radical (unpaired) electrons. The van der Waals surface area contributed by atoms with Gasteiger partial charge in [-0.15, -0.1) is 0 Å². The second-order valence-electron chi connectivity index (χ2n) is 6.51. The van der Waals surface area contributed by atoms with Gasteiger partial charge in [0.1, 0.15) is 5.71 Å². The van der Waals surface area contributed by atoms with Crippen molar-refractivity contribution in [2.24, 2.45) is 5.16 Å². The van der Waals surface area contributed by atoms with Crippen molar-refractivity contribution in [3.8, 4) is 0 Å². The van der Waals surface area contributed by atoms with E-state index in [4.69, 9.17) is 16.4 Å². The number of carbonyl (C=O) groups is 1. The summed E-state index contributed by atoms with van der Waals surface area (Å²) in [7, 11) is 0. The maximum absolute atomic E-state index is 13.4. The third-order valence-corrected chi connectivity index (χ3v) is 6.54. The molecule has 3 aromatic carbocycles. The van der Waals surface area contributed by atoms with Gasteiger partial charge in [-0.3, -0.25) is 4.79 Å². The van der Waals surface area contributed by atoms with E-state index in [1.54, 1.807) is 0 Å². The Balaban J connectivity index is 1.66. The van der Waals surface area contributed by atoms with Gasteiger partial charge >= 0.3 is 0 Å². The average molecular weight is 392 g/mol. The Kier molecular flexibility index (Phi) is 3.85. The smallest absolute Gasteiger partial charge is 0.262 e. The van der Waals surface area contributed by atoms with Gasteiger partial charge < -0.3 is 4.84 Å². The predicted octanol–water partition coefficient (Wildman–Crippen LogP) is 5.54. The number of Topliss-reactive ketones (excluding diaryl/α,β-unsaturated/α-hetero) is 1. The van der Waals surface area contributed by atoms with Crippen LogP contribution in [-0.2, 0) is 4.84 Å². The van der Waals surface area contributed by atoms with Gasteiger partial charge in [-0.05, 0) is 23.8 Å². The molecule has 0 aliphatic carbocycles. The van der Waals surface area contributed by atoms with E-state index in [1.165, 1.54) is 11.8 Å². The Labute approximate surface area is 166 Å². The van der Waals surface area contributed by atoms with E-state index in [-0.39, 0.29) is 11.7 Å². The van der Waals surface area contributed by atoms with Crippen LogP contribution in [0.15, 0.2) is 88.9 Å². The summed E-state index contributed by atoms with van der Waals surface area (Å²) in [6.07, 6.45) is 0. The summed E-state index contributed by atoms with van der Waals surface area (Å²) in [6, 6.07) is 25.0. The third-order valence-electron chi connectivity index (χ3n) is 4.92. The molecule has 3 aromatic rings. The van der Waals surface area contributed by atoms with E-state index in [9.17, 15) is 4.79 Å². The molecular formula is C22H14ClNO2S. The molecule has 132 valence electrons. The number of carbonyl (C=O) groups excluding carboxylic acids is 1. The van der Waals surface area contributed by atoms with Gasteiger partial charge in [-0.25, -0.2) is 0 Å². The molecule has 0 fully saturated rings. The zero-order chi connectivity index (χ0) is 18.4. The van der Waals surface area contributed by atoms with Crippen LogP contribution in [0.2, 0.25) is 5.02 Å². The highest BCUT2D eigenvalue weighted by Crippen LogP contribution is 2.56. The molecule has 0 unspecified atom stereocenters. The van der Waals surface area contributed by atoms with Gasteiger partial charge in [0.2, 0.25) is 5.78 Å². The number of rotatable bonds is 2. The van der Waals surface area contributed by atoms with Gasteiger partial charge in [-0.1, -0.05) is 89.2 Å². The Bertz CT molecular complexity index is 1070. The first-order valence-electron chi connectivity index (χ1n) is 8.59. The number of benzene rings is 3. The number of hydrogen-bond donors (Lipinski definition) is 0. The number of fused-ring (bicyclic) bond motifs is 1. The fourth-order valence-electron chi connectivity index (χ4n) is 3.66. The van der Waals surface area contributed by atoms with Crippen molar-refractivity contribution in [3.63, 3.8) is 0 Å². The highest BCUT2D eigenvalue weighted by atomic mass is 35.5. The molecule has 2 atom stereocenters. The first-order chi connectivity index (χ1) is 13.2. The quantitative estimate of drug-likeness (QED) is 0.575. The molecule has 3 nitrogen and oxygen atoms in total. The molecule has 5 heteroatoms. The molecule has 0 bridgehead atoms. The van der Waals surface area contributed by atoms with Gasteiger partial charge in [0.05, 0.1) is 5.92 Å². The summed E-state index contributed by atoms with van der Waals surface area (Å²) in [5.74, 6) is -0.352. The minimum absolute atomic E-state index is 0.0373. The summed E-state index contributed by atoms with van der Waals surface area (Å²) in [4.78, 5) is 19.1. The first-order valence-corrected chi connectivity index (χ1v) is 9.78. The second kappa shape index (κ2) is 6.25. The van der Waals surface area contributed by atoms with Crippen LogP contribution in [0.4, 0.5) is 0 Å². The monoisotopic (exact) mass is 391 g/mol. The number of hydrogen-bond acceptors (Lipinski definition) is 4. The topological polar surface area (TPSA) is 38.7 Å². The van der Waals surface area contributed by atoms with Crippen LogP contribution in [0.5, 0.6) is 0 Å². The molecule has 2 aliphatic heterocycles. The van der Waals surface area contributed by atoms with E-state index in [0.717, 1.165) is 21.7 Å². The van der Waals surface area contributed by atoms with Crippen LogP contribution >= 0.6 is 23.4 Å². The molecule has 27 heavy (non-hydrogen) atoms. The molecule has 0 aromatic heterocycles. The van der Waals surface area contributed by atoms with Crippen molar-refractivity contribution >= 4 is 34.9 Å². The van der Waals surface area contributed by atoms with E-state index in [0.29, 0.717) is 10.6 Å². The van der Waals surface area contributed by atoms with E-state index < -0.39 is 4.93 Å². The second-order valence-corrected chi connectivity index (χ2v) is 8.20. The van der Waals surface area contributed by atoms with E-state index in [2.05, 4.69) is 5.16 Å². The standard InChI is InChI=1S/C22H14ClNO2S/c23-16-12-10-15(11-13-16)20-19(14-6-2-1-3-7-14)22(26-24-20)21(25)17-8-4-5-9-18(17)27-22/h1-13,19H/t19-,22+/m1/s1. The van der Waals surface area contributed by atoms with Crippen molar-refractivity contribution < 1.29 is 9.63 Å². The summed E-state index contributed by atoms with van der Waals surface area (Å²) in [5.41, 5.74) is 3.33. The van der Waals surface area contributed by atoms with Gasteiger partial charge in [0, 0.05) is 21.0 Å². The number of halogens is 1. The van der Waals surface area contributed by atoms with Crippen LogP contribution in [0.25, 0.3) is 0 Å². The Morgan fingerprint density at radius 2 is 1.63 bits per heavy atom. The van der Waals surface area contributed by atoms with Crippen molar-refractivity contribution in [2.45, 2.75) is 15.7 Å². The zero-order valence-electron chi connectivity index (χ0n) is 14.1. The minimum Gasteiger partial charge on any atom is -0.368 e. The molecule has 0 N–H and O–H groups in total. The molecule has 0 saturated carbocycles. The van der Waals surface area contributed by atoms with Crippen LogP contribution in [0.1, 0.15) is 27.4 Å². The van der Waals surface area contributed by atoms with Crippen molar-refractivity contribution in [1.82, 2.24) is 0 Å². The maximum Gasteiger partial charge on any atom is 0.262 e. The fourth-order valence-corrected chi connectivity index (χ4v) is 5.17. The Morgan fingerprint density at radius 1 is 0.926 bits per heavy atom. The molecular weight excluding hydrogens is 378 g/mol. The third kappa shape index (κ3) is 2.52. The van der Waals surface area contributed by atoms with Gasteiger partial charge in [-0.2, -0.15) is 0 Å². The lowest BCUT2D eigenvalue weighted by Crippen LogP contribution is -2.39. The molecule has 2 heterocycles. The lowest BCUT2D eigenvalue weighted by atomic mass is 9.83. The highest BCUT2D eigenvalue weighted by Gasteiger charge is 2.60. The number of thioether (sulfide) groups is 1. The lowest BCUT2D eigenvalue weighted by molar-refractivity contribution is 0.0386. The van der Waals surface area contributed by atoms with Crippen molar-refractivity contribution in [1.29, 1.82) is 0 Å². The molecule has 0 amide bonds. The average Bonchev–Trinajstić information content (AvgIpc) is 3.22. The SMILES string of the molecule is O=C1c2ccccc2S[C@]12ON=C(c1ccc(Cl)cc1)[C@H]2c1ccccc1. The molecule has 2 aliphatic rings. The maximum atomic E-state index is 13.4. The van der Waals surface area contributed by atoms with Crippen LogP contribution in [0.3, 0.4) is 0 Å². The summed E-state index contributed by atoms with van der Waals surface area (Å²) >= 11 is 7.49. The van der Waals surface area contributed by atoms with Crippen molar-refractivity contribution in [2.75, 3.05) is 0 Å². The Hall–Kier alpha value is -2.56. The summed E-state index contributed by atoms with van der Waals surface area (Å²) in [6.45, 7) is 0.